The number of rotatable bonds is 7. The number of carbonyl (C=O) groups is 1. The van der Waals surface area contributed by atoms with Crippen LogP contribution in [0.2, 0.25) is 0 Å². The predicted molar refractivity (Wildman–Crippen MR) is 102 cm³/mol. The van der Waals surface area contributed by atoms with Crippen LogP contribution in [0, 0.1) is 5.92 Å². The summed E-state index contributed by atoms with van der Waals surface area (Å²) in [6.45, 7) is 7.36. The lowest BCUT2D eigenvalue weighted by molar-refractivity contribution is -0.123. The van der Waals surface area contributed by atoms with Crippen molar-refractivity contribution in [2.24, 2.45) is 22.4 Å². The van der Waals surface area contributed by atoms with Crippen LogP contribution in [0.15, 0.2) is 29.3 Å². The van der Waals surface area contributed by atoms with E-state index in [2.05, 4.69) is 47.3 Å². The highest BCUT2D eigenvalue weighted by Crippen LogP contribution is 2.19. The molecular formula is C19H31N5O. The summed E-state index contributed by atoms with van der Waals surface area (Å²) < 4.78 is 0. The molecule has 2 atom stereocenters. The highest BCUT2D eigenvalue weighted by Gasteiger charge is 2.23. The fourth-order valence-electron chi connectivity index (χ4n) is 3.09. The largest absolute Gasteiger partial charge is 0.370 e. The molecule has 1 saturated heterocycles. The predicted octanol–water partition coefficient (Wildman–Crippen LogP) is 1.59. The van der Waals surface area contributed by atoms with Crippen LogP contribution in [0.1, 0.15) is 44.2 Å². The Morgan fingerprint density at radius 3 is 2.88 bits per heavy atom. The number of nitrogens with one attached hydrogen (secondary N) is 1. The van der Waals surface area contributed by atoms with Gasteiger partial charge in [-0.3, -0.25) is 9.69 Å². The van der Waals surface area contributed by atoms with Crippen molar-refractivity contribution < 1.29 is 4.79 Å². The normalized spacial score (nSPS) is 20.2. The molecule has 0 spiro atoms. The third-order valence-electron chi connectivity index (χ3n) is 4.74. The summed E-state index contributed by atoms with van der Waals surface area (Å²) in [6, 6.07) is 8.71. The van der Waals surface area contributed by atoms with Gasteiger partial charge in [-0.15, -0.1) is 0 Å². The van der Waals surface area contributed by atoms with Gasteiger partial charge in [-0.2, -0.15) is 0 Å². The van der Waals surface area contributed by atoms with Crippen molar-refractivity contribution in [1.82, 2.24) is 10.2 Å². The van der Waals surface area contributed by atoms with Gasteiger partial charge in [0.1, 0.15) is 0 Å². The Bertz CT molecular complexity index is 601. The number of primary amides is 1. The van der Waals surface area contributed by atoms with Crippen LogP contribution < -0.4 is 16.8 Å². The molecule has 25 heavy (non-hydrogen) atoms. The van der Waals surface area contributed by atoms with E-state index < -0.39 is 0 Å². The molecule has 1 aromatic rings. The van der Waals surface area contributed by atoms with Crippen LogP contribution in [-0.2, 0) is 17.9 Å². The SMILES string of the molecule is CCC(C)NC(N)=NCc1cccc(CN2CCCC(C(N)=O)C2)c1. The molecule has 1 heterocycles. The zero-order chi connectivity index (χ0) is 18.2. The second kappa shape index (κ2) is 9.42. The number of hydrogen-bond donors (Lipinski definition) is 3. The Morgan fingerprint density at radius 2 is 2.16 bits per heavy atom. The summed E-state index contributed by atoms with van der Waals surface area (Å²) in [7, 11) is 0. The van der Waals surface area contributed by atoms with E-state index in [-0.39, 0.29) is 11.8 Å². The Hall–Kier alpha value is -2.08. The van der Waals surface area contributed by atoms with Crippen LogP contribution in [0.3, 0.4) is 0 Å². The molecule has 6 heteroatoms. The van der Waals surface area contributed by atoms with E-state index in [4.69, 9.17) is 11.5 Å². The Kier molecular flexibility index (Phi) is 7.25. The number of amides is 1. The Balaban J connectivity index is 1.92. The van der Waals surface area contributed by atoms with Gasteiger partial charge in [-0.05, 0) is 43.9 Å². The number of aliphatic imine (C=N–C) groups is 1. The molecule has 1 aromatic carbocycles. The number of likely N-dealkylation sites (tertiary alicyclic amines) is 1. The first kappa shape index (κ1) is 19.2. The minimum atomic E-state index is -0.183. The lowest BCUT2D eigenvalue weighted by Gasteiger charge is -2.31. The molecule has 1 fully saturated rings. The van der Waals surface area contributed by atoms with Gasteiger partial charge in [0, 0.05) is 19.1 Å². The Labute approximate surface area is 150 Å². The average molecular weight is 345 g/mol. The first-order valence-electron chi connectivity index (χ1n) is 9.14. The second-order valence-electron chi connectivity index (χ2n) is 6.95. The lowest BCUT2D eigenvalue weighted by Crippen LogP contribution is -2.40. The van der Waals surface area contributed by atoms with E-state index in [9.17, 15) is 4.79 Å². The van der Waals surface area contributed by atoms with Crippen molar-refractivity contribution in [2.45, 2.75) is 52.2 Å². The third kappa shape index (κ3) is 6.38. The molecule has 2 unspecified atom stereocenters. The number of nitrogens with zero attached hydrogens (tertiary/aromatic N) is 2. The molecule has 1 amide bonds. The molecular weight excluding hydrogens is 314 g/mol. The van der Waals surface area contributed by atoms with Crippen LogP contribution in [0.5, 0.6) is 0 Å². The van der Waals surface area contributed by atoms with E-state index >= 15 is 0 Å². The van der Waals surface area contributed by atoms with Crippen molar-refractivity contribution in [3.63, 3.8) is 0 Å². The summed E-state index contributed by atoms with van der Waals surface area (Å²) in [6.07, 6.45) is 2.94. The maximum atomic E-state index is 11.4. The average Bonchev–Trinajstić information content (AvgIpc) is 2.60. The van der Waals surface area contributed by atoms with E-state index in [0.29, 0.717) is 18.5 Å². The maximum absolute atomic E-state index is 11.4. The van der Waals surface area contributed by atoms with E-state index in [0.717, 1.165) is 44.5 Å². The van der Waals surface area contributed by atoms with E-state index in [1.165, 1.54) is 5.56 Å². The molecule has 0 aromatic heterocycles. The lowest BCUT2D eigenvalue weighted by atomic mass is 9.97. The van der Waals surface area contributed by atoms with Crippen molar-refractivity contribution in [3.05, 3.63) is 35.4 Å². The highest BCUT2D eigenvalue weighted by molar-refractivity contribution is 5.78. The topological polar surface area (TPSA) is 96.7 Å². The van der Waals surface area contributed by atoms with Gasteiger partial charge in [-0.25, -0.2) is 4.99 Å². The van der Waals surface area contributed by atoms with Crippen LogP contribution in [0.4, 0.5) is 0 Å². The first-order chi connectivity index (χ1) is 12.0. The van der Waals surface area contributed by atoms with Gasteiger partial charge in [-0.1, -0.05) is 31.2 Å². The first-order valence-corrected chi connectivity index (χ1v) is 9.14. The number of hydrogen-bond acceptors (Lipinski definition) is 3. The van der Waals surface area contributed by atoms with Crippen LogP contribution >= 0.6 is 0 Å². The summed E-state index contributed by atoms with van der Waals surface area (Å²) in [5.41, 5.74) is 13.7. The van der Waals surface area contributed by atoms with Crippen LogP contribution in [-0.4, -0.2) is 35.9 Å². The Morgan fingerprint density at radius 1 is 1.40 bits per heavy atom. The number of guanidine groups is 1. The zero-order valence-corrected chi connectivity index (χ0v) is 15.4. The third-order valence-corrected chi connectivity index (χ3v) is 4.74. The number of nitrogens with two attached hydrogens (primary N) is 2. The van der Waals surface area contributed by atoms with Crippen molar-refractivity contribution in [3.8, 4) is 0 Å². The van der Waals surface area contributed by atoms with Crippen molar-refractivity contribution >= 4 is 11.9 Å². The highest BCUT2D eigenvalue weighted by atomic mass is 16.1. The zero-order valence-electron chi connectivity index (χ0n) is 15.4. The van der Waals surface area contributed by atoms with E-state index in [1.54, 1.807) is 0 Å². The molecule has 6 nitrogen and oxygen atoms in total. The van der Waals surface area contributed by atoms with Gasteiger partial charge in [0.05, 0.1) is 12.5 Å². The maximum Gasteiger partial charge on any atom is 0.221 e. The van der Waals surface area contributed by atoms with Gasteiger partial charge in [0.15, 0.2) is 5.96 Å². The van der Waals surface area contributed by atoms with E-state index in [1.807, 2.05) is 6.07 Å². The molecule has 1 aliphatic rings. The molecule has 5 N–H and O–H groups in total. The number of piperidine rings is 1. The molecule has 1 aliphatic heterocycles. The monoisotopic (exact) mass is 345 g/mol. The van der Waals surface area contributed by atoms with Crippen molar-refractivity contribution in [2.75, 3.05) is 13.1 Å². The summed E-state index contributed by atoms with van der Waals surface area (Å²) in [5, 5.41) is 3.17. The van der Waals surface area contributed by atoms with Gasteiger partial charge in [0.25, 0.3) is 0 Å². The second-order valence-corrected chi connectivity index (χ2v) is 6.95. The summed E-state index contributed by atoms with van der Waals surface area (Å²) in [4.78, 5) is 18.1. The molecule has 0 radical (unpaired) electrons. The molecule has 0 saturated carbocycles. The molecule has 0 bridgehead atoms. The van der Waals surface area contributed by atoms with Crippen molar-refractivity contribution in [1.29, 1.82) is 0 Å². The van der Waals surface area contributed by atoms with Gasteiger partial charge >= 0.3 is 0 Å². The quantitative estimate of drug-likeness (QED) is 0.516. The smallest absolute Gasteiger partial charge is 0.221 e. The fraction of sp³-hybridized carbons (Fsp3) is 0.579. The standard InChI is InChI=1S/C19H31N5O/c1-3-14(2)23-19(21)22-11-15-6-4-7-16(10-15)12-24-9-5-8-17(13-24)18(20)25/h4,6-7,10,14,17H,3,5,8-9,11-13H2,1-2H3,(H2,20,25)(H3,21,22,23). The molecule has 0 aliphatic carbocycles. The van der Waals surface area contributed by atoms with Gasteiger partial charge in [0.2, 0.25) is 5.91 Å². The minimum Gasteiger partial charge on any atom is -0.370 e. The van der Waals surface area contributed by atoms with Crippen LogP contribution in [0.25, 0.3) is 0 Å². The summed E-state index contributed by atoms with van der Waals surface area (Å²) in [5.74, 6) is 0.283. The molecule has 2 rings (SSSR count). The fourth-order valence-corrected chi connectivity index (χ4v) is 3.09. The minimum absolute atomic E-state index is 0.0204. The number of benzene rings is 1. The molecule has 138 valence electrons. The number of carbonyl (C=O) groups excluding carboxylic acids is 1. The summed E-state index contributed by atoms with van der Waals surface area (Å²) >= 11 is 0. The van der Waals surface area contributed by atoms with Gasteiger partial charge < -0.3 is 16.8 Å².